The van der Waals surface area contributed by atoms with Gasteiger partial charge in [0.15, 0.2) is 6.61 Å². The summed E-state index contributed by atoms with van der Waals surface area (Å²) in [6.07, 6.45) is 1.22. The van der Waals surface area contributed by atoms with Crippen LogP contribution in [0.5, 0.6) is 0 Å². The van der Waals surface area contributed by atoms with E-state index < -0.39 is 24.5 Å². The average Bonchev–Trinajstić information content (AvgIpc) is 2.36. The van der Waals surface area contributed by atoms with Crippen LogP contribution in [0.3, 0.4) is 0 Å². The van der Waals surface area contributed by atoms with Gasteiger partial charge in [0, 0.05) is 13.2 Å². The second kappa shape index (κ2) is 6.55. The lowest BCUT2D eigenvalue weighted by Gasteiger charge is -2.05. The lowest BCUT2D eigenvalue weighted by molar-refractivity contribution is -0.123. The summed E-state index contributed by atoms with van der Waals surface area (Å²) in [6.45, 7) is -0.561. The minimum Gasteiger partial charge on any atom is -0.452 e. The molecule has 1 aromatic rings. The molecule has 0 saturated carbocycles. The summed E-state index contributed by atoms with van der Waals surface area (Å²) in [7, 11) is 1.36. The van der Waals surface area contributed by atoms with Crippen molar-refractivity contribution >= 4 is 29.5 Å². The Morgan fingerprint density at radius 3 is 2.67 bits per heavy atom. The van der Waals surface area contributed by atoms with E-state index in [9.17, 15) is 14.4 Å². The summed E-state index contributed by atoms with van der Waals surface area (Å²) in [5, 5.41) is 4.37. The normalized spacial score (nSPS) is 9.44. The molecule has 1 heterocycles. The maximum Gasteiger partial charge on any atom is 0.340 e. The molecule has 7 nitrogen and oxygen atoms in total. The highest BCUT2D eigenvalue weighted by atomic mass is 35.5. The van der Waals surface area contributed by atoms with Crippen molar-refractivity contribution in [3.05, 3.63) is 29.0 Å². The van der Waals surface area contributed by atoms with Crippen molar-refractivity contribution in [2.24, 2.45) is 0 Å². The Morgan fingerprint density at radius 1 is 1.39 bits per heavy atom. The summed E-state index contributed by atoms with van der Waals surface area (Å²) in [6, 6.07) is 2.15. The molecule has 18 heavy (non-hydrogen) atoms. The molecule has 0 aromatic carbocycles. The molecule has 3 amide bonds. The maximum atomic E-state index is 11.4. The van der Waals surface area contributed by atoms with E-state index in [0.717, 1.165) is 0 Å². The molecule has 96 valence electrons. The molecule has 0 unspecified atom stereocenters. The molecule has 0 radical (unpaired) electrons. The summed E-state index contributed by atoms with van der Waals surface area (Å²) >= 11 is 5.55. The van der Waals surface area contributed by atoms with Crippen LogP contribution in [-0.4, -0.2) is 36.5 Å². The number of imide groups is 1. The zero-order chi connectivity index (χ0) is 13.5. The first-order valence-electron chi connectivity index (χ1n) is 4.83. The number of aromatic nitrogens is 1. The Morgan fingerprint density at radius 2 is 2.11 bits per heavy atom. The second-order valence-electron chi connectivity index (χ2n) is 3.07. The number of ether oxygens (including phenoxy) is 1. The van der Waals surface area contributed by atoms with Crippen LogP contribution in [0.1, 0.15) is 10.4 Å². The fourth-order valence-corrected chi connectivity index (χ4v) is 1.05. The number of halogens is 1. The molecule has 1 rings (SSSR count). The van der Waals surface area contributed by atoms with Crippen molar-refractivity contribution in [3.8, 4) is 0 Å². The molecule has 0 fully saturated rings. The molecule has 0 atom stereocenters. The van der Waals surface area contributed by atoms with Gasteiger partial charge in [-0.15, -0.1) is 0 Å². The molecule has 0 aliphatic carbocycles. The third-order valence-electron chi connectivity index (χ3n) is 1.78. The van der Waals surface area contributed by atoms with Crippen LogP contribution < -0.4 is 10.6 Å². The van der Waals surface area contributed by atoms with E-state index in [4.69, 9.17) is 11.6 Å². The van der Waals surface area contributed by atoms with Gasteiger partial charge in [-0.05, 0) is 12.1 Å². The summed E-state index contributed by atoms with van der Waals surface area (Å²) in [5.41, 5.74) is 0.159. The number of esters is 1. The topological polar surface area (TPSA) is 97.4 Å². The number of hydrogen-bond acceptors (Lipinski definition) is 5. The molecular weight excluding hydrogens is 262 g/mol. The lowest BCUT2D eigenvalue weighted by Crippen LogP contribution is -2.39. The standard InChI is InChI=1S/C10H10ClN3O4/c1-12-10(17)14-8(15)5-18-9(16)6-2-3-7(11)13-4-6/h2-4H,5H2,1H3,(H2,12,14,15,17). The molecule has 0 aliphatic rings. The molecule has 1 aromatic heterocycles. The van der Waals surface area contributed by atoms with Crippen LogP contribution in [0, 0.1) is 0 Å². The Hall–Kier alpha value is -2.15. The number of amides is 3. The second-order valence-corrected chi connectivity index (χ2v) is 3.46. The van der Waals surface area contributed by atoms with Crippen LogP contribution in [0.2, 0.25) is 5.15 Å². The van der Waals surface area contributed by atoms with E-state index in [1.54, 1.807) is 0 Å². The monoisotopic (exact) mass is 271 g/mol. The van der Waals surface area contributed by atoms with Gasteiger partial charge >= 0.3 is 12.0 Å². The first-order chi connectivity index (χ1) is 8.52. The van der Waals surface area contributed by atoms with Gasteiger partial charge in [0.25, 0.3) is 5.91 Å². The number of pyridine rings is 1. The lowest BCUT2D eigenvalue weighted by atomic mass is 10.3. The quantitative estimate of drug-likeness (QED) is 0.611. The van der Waals surface area contributed by atoms with Crippen molar-refractivity contribution in [2.45, 2.75) is 0 Å². The summed E-state index contributed by atoms with van der Waals surface area (Å²) in [5.74, 6) is -1.46. The summed E-state index contributed by atoms with van der Waals surface area (Å²) in [4.78, 5) is 37.0. The number of rotatable bonds is 3. The highest BCUT2D eigenvalue weighted by Crippen LogP contribution is 2.06. The average molecular weight is 272 g/mol. The van der Waals surface area contributed by atoms with E-state index in [1.165, 1.54) is 25.4 Å². The minimum absolute atomic E-state index is 0.159. The fraction of sp³-hybridized carbons (Fsp3) is 0.200. The molecular formula is C10H10ClN3O4. The Balaban J connectivity index is 2.44. The first-order valence-corrected chi connectivity index (χ1v) is 5.21. The highest BCUT2D eigenvalue weighted by Gasteiger charge is 2.11. The van der Waals surface area contributed by atoms with Crippen LogP contribution in [-0.2, 0) is 9.53 Å². The highest BCUT2D eigenvalue weighted by molar-refractivity contribution is 6.29. The van der Waals surface area contributed by atoms with Crippen LogP contribution >= 0.6 is 11.6 Å². The zero-order valence-corrected chi connectivity index (χ0v) is 10.2. The van der Waals surface area contributed by atoms with Crippen molar-refractivity contribution in [1.82, 2.24) is 15.6 Å². The van der Waals surface area contributed by atoms with Crippen molar-refractivity contribution in [2.75, 3.05) is 13.7 Å². The van der Waals surface area contributed by atoms with Crippen LogP contribution in [0.25, 0.3) is 0 Å². The largest absolute Gasteiger partial charge is 0.452 e. The van der Waals surface area contributed by atoms with E-state index in [0.29, 0.717) is 0 Å². The minimum atomic E-state index is -0.732. The van der Waals surface area contributed by atoms with Gasteiger partial charge in [-0.25, -0.2) is 14.6 Å². The van der Waals surface area contributed by atoms with Gasteiger partial charge in [0.05, 0.1) is 5.56 Å². The van der Waals surface area contributed by atoms with Gasteiger partial charge in [-0.1, -0.05) is 11.6 Å². The molecule has 0 saturated heterocycles. The third kappa shape index (κ3) is 4.38. The number of hydrogen-bond donors (Lipinski definition) is 2. The van der Waals surface area contributed by atoms with Crippen molar-refractivity contribution < 1.29 is 19.1 Å². The molecule has 8 heteroatoms. The zero-order valence-electron chi connectivity index (χ0n) is 9.40. The number of nitrogens with zero attached hydrogens (tertiary/aromatic N) is 1. The number of urea groups is 1. The van der Waals surface area contributed by atoms with Gasteiger partial charge in [-0.3, -0.25) is 10.1 Å². The predicted molar refractivity (Wildman–Crippen MR) is 62.1 cm³/mol. The molecule has 0 spiro atoms. The fourth-order valence-electron chi connectivity index (χ4n) is 0.936. The van der Waals surface area contributed by atoms with Crippen LogP contribution in [0.15, 0.2) is 18.3 Å². The van der Waals surface area contributed by atoms with Crippen molar-refractivity contribution in [3.63, 3.8) is 0 Å². The van der Waals surface area contributed by atoms with Crippen LogP contribution in [0.4, 0.5) is 4.79 Å². The van der Waals surface area contributed by atoms with Crippen molar-refractivity contribution in [1.29, 1.82) is 0 Å². The van der Waals surface area contributed by atoms with Gasteiger partial charge in [0.2, 0.25) is 0 Å². The van der Waals surface area contributed by atoms with E-state index in [-0.39, 0.29) is 10.7 Å². The third-order valence-corrected chi connectivity index (χ3v) is 2.00. The number of carbonyl (C=O) groups is 3. The Kier molecular flexibility index (Phi) is 5.06. The van der Waals surface area contributed by atoms with E-state index in [2.05, 4.69) is 15.0 Å². The molecule has 2 N–H and O–H groups in total. The van der Waals surface area contributed by atoms with Gasteiger partial charge in [-0.2, -0.15) is 0 Å². The predicted octanol–water partition coefficient (Wildman–Crippen LogP) is 0.347. The Labute approximate surface area is 107 Å². The van der Waals surface area contributed by atoms with Gasteiger partial charge in [0.1, 0.15) is 5.15 Å². The summed E-state index contributed by atoms with van der Waals surface area (Å²) < 4.78 is 4.66. The molecule has 0 bridgehead atoms. The van der Waals surface area contributed by atoms with E-state index in [1.807, 2.05) is 5.32 Å². The van der Waals surface area contributed by atoms with Gasteiger partial charge < -0.3 is 10.1 Å². The number of nitrogens with one attached hydrogen (secondary N) is 2. The Bertz CT molecular complexity index is 461. The maximum absolute atomic E-state index is 11.4. The SMILES string of the molecule is CNC(=O)NC(=O)COC(=O)c1ccc(Cl)nc1. The first kappa shape index (κ1) is 13.9. The molecule has 0 aliphatic heterocycles. The number of carbonyl (C=O) groups excluding carboxylic acids is 3. The van der Waals surface area contributed by atoms with E-state index >= 15 is 0 Å². The smallest absolute Gasteiger partial charge is 0.340 e.